The van der Waals surface area contributed by atoms with Crippen LogP contribution in [0.3, 0.4) is 0 Å². The fourth-order valence-corrected chi connectivity index (χ4v) is 3.09. The van der Waals surface area contributed by atoms with Crippen LogP contribution in [0, 0.1) is 11.3 Å². The standard InChI is InChI=1S/C10H19Br/c1-3-4-5-10(8-11)6-9(2)7-10/h9H,3-8H2,1-2H3. The van der Waals surface area contributed by atoms with Gasteiger partial charge in [-0.25, -0.2) is 0 Å². The van der Waals surface area contributed by atoms with E-state index in [0.29, 0.717) is 5.41 Å². The molecule has 1 rings (SSSR count). The zero-order chi connectivity index (χ0) is 8.32. The highest BCUT2D eigenvalue weighted by Crippen LogP contribution is 2.49. The molecule has 1 fully saturated rings. The maximum Gasteiger partial charge on any atom is 0.00881 e. The normalized spacial score (nSPS) is 36.8. The summed E-state index contributed by atoms with van der Waals surface area (Å²) in [4.78, 5) is 0. The van der Waals surface area contributed by atoms with Crippen LogP contribution in [0.2, 0.25) is 0 Å². The summed E-state index contributed by atoms with van der Waals surface area (Å²) in [5.74, 6) is 0.990. The fourth-order valence-electron chi connectivity index (χ4n) is 2.35. The van der Waals surface area contributed by atoms with Crippen molar-refractivity contribution in [1.82, 2.24) is 0 Å². The highest BCUT2D eigenvalue weighted by molar-refractivity contribution is 9.09. The Morgan fingerprint density at radius 3 is 2.45 bits per heavy atom. The second-order valence-electron chi connectivity index (χ2n) is 4.25. The molecule has 0 aromatic heterocycles. The molecule has 0 atom stereocenters. The minimum atomic E-state index is 0.704. The first-order chi connectivity index (χ1) is 5.22. The fraction of sp³-hybridized carbons (Fsp3) is 1.00. The van der Waals surface area contributed by atoms with Crippen molar-refractivity contribution < 1.29 is 0 Å². The molecule has 0 unspecified atom stereocenters. The maximum atomic E-state index is 3.64. The van der Waals surface area contributed by atoms with Crippen molar-refractivity contribution >= 4 is 15.9 Å². The summed E-state index contributed by atoms with van der Waals surface area (Å²) in [5, 5.41) is 1.23. The van der Waals surface area contributed by atoms with Crippen LogP contribution >= 0.6 is 15.9 Å². The van der Waals surface area contributed by atoms with E-state index in [1.807, 2.05) is 0 Å². The smallest absolute Gasteiger partial charge is 0.00881 e. The summed E-state index contributed by atoms with van der Waals surface area (Å²) in [6.07, 6.45) is 7.12. The lowest BCUT2D eigenvalue weighted by Crippen LogP contribution is -2.37. The molecule has 0 nitrogen and oxygen atoms in total. The van der Waals surface area contributed by atoms with Crippen molar-refractivity contribution in [3.05, 3.63) is 0 Å². The molecule has 66 valence electrons. The summed E-state index contributed by atoms with van der Waals surface area (Å²) in [6.45, 7) is 4.65. The van der Waals surface area contributed by atoms with Crippen molar-refractivity contribution in [3.63, 3.8) is 0 Å². The predicted octanol–water partition coefficient (Wildman–Crippen LogP) is 3.99. The molecule has 0 aliphatic heterocycles. The van der Waals surface area contributed by atoms with Gasteiger partial charge in [0.05, 0.1) is 0 Å². The number of rotatable bonds is 4. The van der Waals surface area contributed by atoms with E-state index >= 15 is 0 Å². The molecule has 0 N–H and O–H groups in total. The number of halogens is 1. The van der Waals surface area contributed by atoms with Crippen molar-refractivity contribution in [2.45, 2.75) is 46.0 Å². The summed E-state index contributed by atoms with van der Waals surface area (Å²) in [7, 11) is 0. The van der Waals surface area contributed by atoms with E-state index in [1.165, 1.54) is 37.4 Å². The van der Waals surface area contributed by atoms with Gasteiger partial charge < -0.3 is 0 Å². The van der Waals surface area contributed by atoms with Gasteiger partial charge in [0, 0.05) is 5.33 Å². The molecule has 0 radical (unpaired) electrons. The molecule has 1 saturated carbocycles. The van der Waals surface area contributed by atoms with Crippen LogP contribution in [-0.2, 0) is 0 Å². The molecular formula is C10H19Br. The van der Waals surface area contributed by atoms with Gasteiger partial charge in [-0.2, -0.15) is 0 Å². The zero-order valence-electron chi connectivity index (χ0n) is 7.70. The third-order valence-electron chi connectivity index (χ3n) is 2.91. The molecule has 0 amide bonds. The van der Waals surface area contributed by atoms with Crippen LogP contribution in [-0.4, -0.2) is 5.33 Å². The zero-order valence-corrected chi connectivity index (χ0v) is 9.28. The van der Waals surface area contributed by atoms with E-state index < -0.39 is 0 Å². The van der Waals surface area contributed by atoms with Gasteiger partial charge in [0.25, 0.3) is 0 Å². The molecule has 0 bridgehead atoms. The number of hydrogen-bond acceptors (Lipinski definition) is 0. The summed E-state index contributed by atoms with van der Waals surface area (Å²) >= 11 is 3.64. The third kappa shape index (κ3) is 2.21. The lowest BCUT2D eigenvalue weighted by molar-refractivity contribution is 0.0817. The van der Waals surface area contributed by atoms with E-state index in [4.69, 9.17) is 0 Å². The minimum absolute atomic E-state index is 0.704. The third-order valence-corrected chi connectivity index (χ3v) is 4.10. The Bertz CT molecular complexity index is 114. The largest absolute Gasteiger partial charge is 0.0922 e. The van der Waals surface area contributed by atoms with Gasteiger partial charge in [-0.1, -0.05) is 42.6 Å². The van der Waals surface area contributed by atoms with Crippen molar-refractivity contribution in [1.29, 1.82) is 0 Å². The van der Waals surface area contributed by atoms with Gasteiger partial charge in [0.2, 0.25) is 0 Å². The van der Waals surface area contributed by atoms with Crippen molar-refractivity contribution in [2.75, 3.05) is 5.33 Å². The number of alkyl halides is 1. The van der Waals surface area contributed by atoms with Gasteiger partial charge in [0.1, 0.15) is 0 Å². The monoisotopic (exact) mass is 218 g/mol. The number of hydrogen-bond donors (Lipinski definition) is 0. The van der Waals surface area contributed by atoms with Crippen LogP contribution in [0.1, 0.15) is 46.0 Å². The summed E-state index contributed by atoms with van der Waals surface area (Å²) in [6, 6.07) is 0. The number of unbranched alkanes of at least 4 members (excludes halogenated alkanes) is 1. The molecule has 0 spiro atoms. The topological polar surface area (TPSA) is 0 Å². The van der Waals surface area contributed by atoms with Crippen LogP contribution in [0.4, 0.5) is 0 Å². The Balaban J connectivity index is 2.26. The molecule has 1 heteroatoms. The van der Waals surface area contributed by atoms with E-state index in [0.717, 1.165) is 5.92 Å². The average molecular weight is 219 g/mol. The second kappa shape index (κ2) is 3.93. The molecule has 1 aliphatic rings. The molecule has 0 heterocycles. The first-order valence-electron chi connectivity index (χ1n) is 4.78. The van der Waals surface area contributed by atoms with Gasteiger partial charge in [-0.05, 0) is 30.6 Å². The minimum Gasteiger partial charge on any atom is -0.0922 e. The van der Waals surface area contributed by atoms with Gasteiger partial charge in [-0.15, -0.1) is 0 Å². The van der Waals surface area contributed by atoms with Crippen molar-refractivity contribution in [3.8, 4) is 0 Å². The first-order valence-corrected chi connectivity index (χ1v) is 5.90. The molecular weight excluding hydrogens is 200 g/mol. The summed E-state index contributed by atoms with van der Waals surface area (Å²) in [5.41, 5.74) is 0.704. The van der Waals surface area contributed by atoms with Gasteiger partial charge in [-0.3, -0.25) is 0 Å². The van der Waals surface area contributed by atoms with Gasteiger partial charge in [0.15, 0.2) is 0 Å². The Kier molecular flexibility index (Phi) is 3.42. The highest BCUT2D eigenvalue weighted by Gasteiger charge is 2.39. The lowest BCUT2D eigenvalue weighted by Gasteiger charge is -2.46. The van der Waals surface area contributed by atoms with Crippen LogP contribution in [0.5, 0.6) is 0 Å². The van der Waals surface area contributed by atoms with E-state index in [-0.39, 0.29) is 0 Å². The Morgan fingerprint density at radius 2 is 2.09 bits per heavy atom. The maximum absolute atomic E-state index is 3.64. The molecule has 0 aromatic rings. The van der Waals surface area contributed by atoms with Crippen LogP contribution in [0.25, 0.3) is 0 Å². The second-order valence-corrected chi connectivity index (χ2v) is 4.81. The van der Waals surface area contributed by atoms with Gasteiger partial charge >= 0.3 is 0 Å². The van der Waals surface area contributed by atoms with Crippen molar-refractivity contribution in [2.24, 2.45) is 11.3 Å². The van der Waals surface area contributed by atoms with E-state index in [1.54, 1.807) is 0 Å². The Labute approximate surface area is 78.9 Å². The van der Waals surface area contributed by atoms with Crippen LogP contribution in [0.15, 0.2) is 0 Å². The lowest BCUT2D eigenvalue weighted by atomic mass is 9.62. The molecule has 11 heavy (non-hydrogen) atoms. The first kappa shape index (κ1) is 9.57. The predicted molar refractivity (Wildman–Crippen MR) is 54.2 cm³/mol. The molecule has 0 aromatic carbocycles. The quantitative estimate of drug-likeness (QED) is 0.627. The van der Waals surface area contributed by atoms with Crippen LogP contribution < -0.4 is 0 Å². The average Bonchev–Trinajstić information content (AvgIpc) is 1.96. The molecule has 1 aliphatic carbocycles. The van der Waals surface area contributed by atoms with E-state index in [9.17, 15) is 0 Å². The summed E-state index contributed by atoms with van der Waals surface area (Å²) < 4.78 is 0. The highest BCUT2D eigenvalue weighted by atomic mass is 79.9. The Morgan fingerprint density at radius 1 is 1.45 bits per heavy atom. The SMILES string of the molecule is CCCCC1(CBr)CC(C)C1. The van der Waals surface area contributed by atoms with E-state index in [2.05, 4.69) is 29.8 Å². The molecule has 0 saturated heterocycles. The Hall–Kier alpha value is 0.480.